The van der Waals surface area contributed by atoms with Gasteiger partial charge in [-0.05, 0) is 62.3 Å². The Bertz CT molecular complexity index is 971. The zero-order valence-electron chi connectivity index (χ0n) is 16.1. The molecule has 4 rings (SSSR count). The smallest absolute Gasteiger partial charge is 0.276 e. The van der Waals surface area contributed by atoms with Crippen LogP contribution in [-0.2, 0) is 17.6 Å². The summed E-state index contributed by atoms with van der Waals surface area (Å²) in [6, 6.07) is 4.32. The molecule has 0 saturated carbocycles. The number of rotatable bonds is 5. The van der Waals surface area contributed by atoms with Crippen LogP contribution in [0.1, 0.15) is 51.4 Å². The van der Waals surface area contributed by atoms with Gasteiger partial charge in [0.2, 0.25) is 5.91 Å². The van der Waals surface area contributed by atoms with Crippen LogP contribution in [0.15, 0.2) is 18.2 Å². The topological polar surface area (TPSA) is 116 Å². The van der Waals surface area contributed by atoms with Gasteiger partial charge in [-0.15, -0.1) is 0 Å². The number of nitrogens with zero attached hydrogens (tertiary/aromatic N) is 1. The number of fused-ring (bicyclic) bond motifs is 2. The number of amides is 3. The molecule has 0 fully saturated rings. The van der Waals surface area contributed by atoms with Gasteiger partial charge in [0.25, 0.3) is 11.8 Å². The minimum absolute atomic E-state index is 0.230. The Morgan fingerprint density at radius 2 is 2.10 bits per heavy atom. The van der Waals surface area contributed by atoms with Crippen LogP contribution in [0.3, 0.4) is 0 Å². The van der Waals surface area contributed by atoms with E-state index in [2.05, 4.69) is 26.1 Å². The average Bonchev–Trinajstić information content (AvgIpc) is 3.11. The van der Waals surface area contributed by atoms with Crippen molar-refractivity contribution in [3.8, 4) is 0 Å². The normalized spacial score (nSPS) is 18.2. The van der Waals surface area contributed by atoms with Crippen molar-refractivity contribution in [1.82, 2.24) is 15.5 Å². The fraction of sp³-hybridized carbons (Fsp3) is 0.400. The van der Waals surface area contributed by atoms with Crippen molar-refractivity contribution >= 4 is 40.9 Å². The first-order valence-corrected chi connectivity index (χ1v) is 11.1. The quantitative estimate of drug-likeness (QED) is 0.600. The van der Waals surface area contributed by atoms with Gasteiger partial charge in [0.15, 0.2) is 5.69 Å². The van der Waals surface area contributed by atoms with Gasteiger partial charge in [-0.3, -0.25) is 19.5 Å². The number of H-pyrrole nitrogens is 1. The zero-order valence-corrected chi connectivity index (χ0v) is 16.9. The molecular weight excluding hydrogens is 390 g/mol. The number of aryl methyl sites for hydroxylation is 1. The Labute approximate surface area is 172 Å². The predicted octanol–water partition coefficient (Wildman–Crippen LogP) is 2.34. The second kappa shape index (κ2) is 8.28. The molecule has 0 saturated heterocycles. The van der Waals surface area contributed by atoms with Gasteiger partial charge in [0.05, 0.1) is 11.3 Å². The number of thioether (sulfide) groups is 1. The number of hydrogen-bond donors (Lipinski definition) is 4. The van der Waals surface area contributed by atoms with Crippen LogP contribution in [0.4, 0.5) is 11.4 Å². The van der Waals surface area contributed by atoms with E-state index in [0.29, 0.717) is 29.1 Å². The third kappa shape index (κ3) is 4.00. The minimum atomic E-state index is -0.573. The molecule has 0 unspecified atom stereocenters. The number of carbonyl (C=O) groups is 3. The maximum Gasteiger partial charge on any atom is 0.276 e. The zero-order chi connectivity index (χ0) is 20.4. The van der Waals surface area contributed by atoms with E-state index in [4.69, 9.17) is 0 Å². The summed E-state index contributed by atoms with van der Waals surface area (Å²) in [6.07, 6.45) is 6.40. The molecule has 8 nitrogen and oxygen atoms in total. The molecule has 0 radical (unpaired) electrons. The summed E-state index contributed by atoms with van der Waals surface area (Å²) in [4.78, 5) is 37.7. The van der Waals surface area contributed by atoms with E-state index >= 15 is 0 Å². The second-order valence-electron chi connectivity index (χ2n) is 7.25. The van der Waals surface area contributed by atoms with E-state index in [1.54, 1.807) is 30.0 Å². The molecule has 1 aromatic heterocycles. The summed E-state index contributed by atoms with van der Waals surface area (Å²) < 4.78 is 0. The third-order valence-electron chi connectivity index (χ3n) is 5.28. The van der Waals surface area contributed by atoms with Gasteiger partial charge in [0.1, 0.15) is 6.04 Å². The van der Waals surface area contributed by atoms with Crippen LogP contribution in [0.25, 0.3) is 0 Å². The lowest BCUT2D eigenvalue weighted by atomic mass is 9.96. The highest BCUT2D eigenvalue weighted by Gasteiger charge is 2.28. The minimum Gasteiger partial charge on any atom is -0.340 e. The number of aromatic amines is 1. The van der Waals surface area contributed by atoms with E-state index in [1.165, 1.54) is 0 Å². The summed E-state index contributed by atoms with van der Waals surface area (Å²) in [6.45, 7) is 0. The molecule has 152 valence electrons. The summed E-state index contributed by atoms with van der Waals surface area (Å²) in [5.74, 6) is -0.103. The fourth-order valence-electron chi connectivity index (χ4n) is 3.74. The van der Waals surface area contributed by atoms with E-state index in [9.17, 15) is 14.4 Å². The Kier molecular flexibility index (Phi) is 5.57. The van der Waals surface area contributed by atoms with Gasteiger partial charge >= 0.3 is 0 Å². The van der Waals surface area contributed by atoms with Crippen LogP contribution in [0, 0.1) is 0 Å². The van der Waals surface area contributed by atoms with Crippen molar-refractivity contribution in [3.63, 3.8) is 0 Å². The highest BCUT2D eigenvalue weighted by atomic mass is 32.2. The first-order valence-electron chi connectivity index (χ1n) is 9.69. The number of aromatic nitrogens is 2. The molecule has 1 atom stereocenters. The molecule has 4 N–H and O–H groups in total. The Morgan fingerprint density at radius 1 is 1.28 bits per heavy atom. The number of carbonyl (C=O) groups excluding carboxylic acids is 3. The Balaban J connectivity index is 1.53. The maximum absolute atomic E-state index is 12.7. The molecule has 2 aliphatic rings. The van der Waals surface area contributed by atoms with Crippen LogP contribution < -0.4 is 16.0 Å². The largest absolute Gasteiger partial charge is 0.340 e. The summed E-state index contributed by atoms with van der Waals surface area (Å²) >= 11 is 1.62. The molecule has 2 aromatic rings. The summed E-state index contributed by atoms with van der Waals surface area (Å²) in [5, 5.41) is 15.5. The molecule has 9 heteroatoms. The average molecular weight is 414 g/mol. The molecule has 3 amide bonds. The van der Waals surface area contributed by atoms with Crippen molar-refractivity contribution in [2.75, 3.05) is 22.6 Å². The van der Waals surface area contributed by atoms with Crippen LogP contribution in [-0.4, -0.2) is 46.0 Å². The van der Waals surface area contributed by atoms with E-state index < -0.39 is 6.04 Å². The lowest BCUT2D eigenvalue weighted by Crippen LogP contribution is -2.41. The summed E-state index contributed by atoms with van der Waals surface area (Å²) in [7, 11) is 0. The van der Waals surface area contributed by atoms with Crippen molar-refractivity contribution in [2.45, 2.75) is 38.1 Å². The number of anilines is 2. The van der Waals surface area contributed by atoms with Crippen molar-refractivity contribution < 1.29 is 14.4 Å². The fourth-order valence-corrected chi connectivity index (χ4v) is 4.21. The first-order chi connectivity index (χ1) is 14.1. The maximum atomic E-state index is 12.7. The molecule has 0 bridgehead atoms. The number of hydrogen-bond acceptors (Lipinski definition) is 5. The molecule has 0 spiro atoms. The van der Waals surface area contributed by atoms with Crippen molar-refractivity contribution in [3.05, 3.63) is 40.7 Å². The number of benzene rings is 1. The molecule has 1 aliphatic carbocycles. The van der Waals surface area contributed by atoms with Crippen molar-refractivity contribution in [1.29, 1.82) is 0 Å². The third-order valence-corrected chi connectivity index (χ3v) is 5.93. The van der Waals surface area contributed by atoms with Crippen LogP contribution >= 0.6 is 11.8 Å². The van der Waals surface area contributed by atoms with Gasteiger partial charge in [-0.1, -0.05) is 0 Å². The van der Waals surface area contributed by atoms with Gasteiger partial charge < -0.3 is 16.0 Å². The lowest BCUT2D eigenvalue weighted by molar-refractivity contribution is -0.117. The Morgan fingerprint density at radius 3 is 2.93 bits per heavy atom. The van der Waals surface area contributed by atoms with Gasteiger partial charge in [-0.2, -0.15) is 16.9 Å². The molecule has 1 aromatic carbocycles. The van der Waals surface area contributed by atoms with Gasteiger partial charge in [0, 0.05) is 16.9 Å². The van der Waals surface area contributed by atoms with E-state index in [0.717, 1.165) is 42.7 Å². The predicted molar refractivity (Wildman–Crippen MR) is 113 cm³/mol. The molecule has 1 aliphatic heterocycles. The molecule has 29 heavy (non-hydrogen) atoms. The highest BCUT2D eigenvalue weighted by molar-refractivity contribution is 7.98. The van der Waals surface area contributed by atoms with Crippen molar-refractivity contribution in [2.24, 2.45) is 0 Å². The molecule has 2 heterocycles. The second-order valence-corrected chi connectivity index (χ2v) is 8.23. The monoisotopic (exact) mass is 413 g/mol. The van der Waals surface area contributed by atoms with Gasteiger partial charge in [-0.25, -0.2) is 0 Å². The van der Waals surface area contributed by atoms with Crippen LogP contribution in [0.2, 0.25) is 0 Å². The SMILES string of the molecule is CSCC[C@@H]1NC(=O)c2cc(NC(=O)c3n[nH]c4c3CCCC4)ccc2NC1=O. The van der Waals surface area contributed by atoms with E-state index in [-0.39, 0.29) is 17.7 Å². The molecular formula is C20H23N5O3S. The first kappa shape index (κ1) is 19.5. The van der Waals surface area contributed by atoms with E-state index in [1.807, 2.05) is 6.26 Å². The number of nitrogens with one attached hydrogen (secondary N) is 4. The lowest BCUT2D eigenvalue weighted by Gasteiger charge is -2.13. The summed E-state index contributed by atoms with van der Waals surface area (Å²) in [5.41, 5.74) is 3.66. The standard InChI is InChI=1S/C20H23N5O3S/c1-29-9-8-16-19(27)22-14-7-6-11(10-13(14)18(26)23-16)21-20(28)17-12-4-2-3-5-15(12)24-25-17/h6-7,10,16H,2-5,8-9H2,1H3,(H,21,28)(H,22,27)(H,23,26)(H,24,25)/t16-/m0/s1. The van der Waals surface area contributed by atoms with Crippen LogP contribution in [0.5, 0.6) is 0 Å². The Hall–Kier alpha value is -2.81. The highest BCUT2D eigenvalue weighted by Crippen LogP contribution is 2.26.